The number of aryl methyl sites for hydroxylation is 1. The van der Waals surface area contributed by atoms with Crippen LogP contribution in [0, 0.1) is 12.7 Å². The van der Waals surface area contributed by atoms with Gasteiger partial charge in [0.05, 0.1) is 11.4 Å². The molecule has 0 spiro atoms. The number of halogens is 1. The maximum absolute atomic E-state index is 13.4. The maximum atomic E-state index is 13.4. The minimum Gasteiger partial charge on any atom is -0.384 e. The molecule has 20 heavy (non-hydrogen) atoms. The molecule has 2 N–H and O–H groups in total. The summed E-state index contributed by atoms with van der Waals surface area (Å²) in [7, 11) is 0. The van der Waals surface area contributed by atoms with Crippen molar-refractivity contribution in [3.05, 3.63) is 66.0 Å². The van der Waals surface area contributed by atoms with E-state index >= 15 is 0 Å². The molecule has 0 saturated heterocycles. The molecule has 0 radical (unpaired) electrons. The van der Waals surface area contributed by atoms with E-state index < -0.39 is 0 Å². The van der Waals surface area contributed by atoms with Gasteiger partial charge in [0.1, 0.15) is 11.6 Å². The first-order valence-electron chi connectivity index (χ1n) is 6.32. The van der Waals surface area contributed by atoms with E-state index in [1.54, 1.807) is 16.8 Å². The van der Waals surface area contributed by atoms with Crippen molar-refractivity contribution in [2.24, 2.45) is 0 Å². The molecule has 1 aromatic heterocycles. The average molecular weight is 267 g/mol. The standard InChI is InChI=1S/C16H14FN3/c1-11-7-8-13(17)9-15(11)20-16(18)10-14(19-20)12-5-3-2-4-6-12/h2-10H,18H2,1H3. The van der Waals surface area contributed by atoms with Crippen molar-refractivity contribution in [3.63, 3.8) is 0 Å². The van der Waals surface area contributed by atoms with Gasteiger partial charge in [-0.05, 0) is 24.6 Å². The van der Waals surface area contributed by atoms with Crippen molar-refractivity contribution in [1.82, 2.24) is 9.78 Å². The molecule has 3 nitrogen and oxygen atoms in total. The number of anilines is 1. The van der Waals surface area contributed by atoms with Crippen molar-refractivity contribution in [2.45, 2.75) is 6.92 Å². The van der Waals surface area contributed by atoms with Crippen LogP contribution in [0.4, 0.5) is 10.2 Å². The first-order valence-corrected chi connectivity index (χ1v) is 6.32. The fraction of sp³-hybridized carbons (Fsp3) is 0.0625. The van der Waals surface area contributed by atoms with Crippen molar-refractivity contribution >= 4 is 5.82 Å². The molecule has 4 heteroatoms. The quantitative estimate of drug-likeness (QED) is 0.771. The predicted octanol–water partition coefficient (Wildman–Crippen LogP) is 3.57. The van der Waals surface area contributed by atoms with Crippen LogP contribution in [0.15, 0.2) is 54.6 Å². The Labute approximate surface area is 116 Å². The number of benzene rings is 2. The van der Waals surface area contributed by atoms with Gasteiger partial charge in [0.25, 0.3) is 0 Å². The van der Waals surface area contributed by atoms with E-state index in [0.29, 0.717) is 11.5 Å². The third-order valence-corrected chi connectivity index (χ3v) is 3.21. The van der Waals surface area contributed by atoms with Crippen molar-refractivity contribution < 1.29 is 4.39 Å². The molecule has 3 aromatic rings. The monoisotopic (exact) mass is 267 g/mol. The number of nitrogens with two attached hydrogens (primary N) is 1. The van der Waals surface area contributed by atoms with Gasteiger partial charge in [-0.1, -0.05) is 36.4 Å². The second kappa shape index (κ2) is 4.81. The van der Waals surface area contributed by atoms with Crippen LogP contribution in [0.2, 0.25) is 0 Å². The van der Waals surface area contributed by atoms with Crippen LogP contribution in [0.3, 0.4) is 0 Å². The van der Waals surface area contributed by atoms with Crippen LogP contribution in [0.1, 0.15) is 5.56 Å². The van der Waals surface area contributed by atoms with E-state index in [9.17, 15) is 4.39 Å². The minimum atomic E-state index is -0.304. The van der Waals surface area contributed by atoms with Gasteiger partial charge in [-0.25, -0.2) is 9.07 Å². The first kappa shape index (κ1) is 12.4. The molecular weight excluding hydrogens is 253 g/mol. The molecule has 0 atom stereocenters. The molecule has 100 valence electrons. The van der Waals surface area contributed by atoms with Crippen LogP contribution >= 0.6 is 0 Å². The normalized spacial score (nSPS) is 10.7. The molecule has 2 aromatic carbocycles. The average Bonchev–Trinajstić information content (AvgIpc) is 2.84. The maximum Gasteiger partial charge on any atom is 0.127 e. The van der Waals surface area contributed by atoms with Gasteiger partial charge in [-0.15, -0.1) is 0 Å². The largest absolute Gasteiger partial charge is 0.384 e. The highest BCUT2D eigenvalue weighted by Gasteiger charge is 2.11. The minimum absolute atomic E-state index is 0.304. The van der Waals surface area contributed by atoms with E-state index in [-0.39, 0.29) is 5.82 Å². The summed E-state index contributed by atoms with van der Waals surface area (Å²) in [4.78, 5) is 0. The lowest BCUT2D eigenvalue weighted by molar-refractivity contribution is 0.625. The third-order valence-electron chi connectivity index (χ3n) is 3.21. The molecule has 0 bridgehead atoms. The van der Waals surface area contributed by atoms with Crippen LogP contribution in [-0.2, 0) is 0 Å². The Kier molecular flexibility index (Phi) is 2.99. The lowest BCUT2D eigenvalue weighted by Gasteiger charge is -2.07. The van der Waals surface area contributed by atoms with E-state index in [0.717, 1.165) is 16.8 Å². The molecule has 0 unspecified atom stereocenters. The summed E-state index contributed by atoms with van der Waals surface area (Å²) >= 11 is 0. The smallest absolute Gasteiger partial charge is 0.127 e. The van der Waals surface area contributed by atoms with Gasteiger partial charge in [0, 0.05) is 11.6 Å². The number of aromatic nitrogens is 2. The lowest BCUT2D eigenvalue weighted by Crippen LogP contribution is -2.04. The number of rotatable bonds is 2. The molecule has 0 amide bonds. The zero-order chi connectivity index (χ0) is 14.1. The Morgan fingerprint density at radius 1 is 1.05 bits per heavy atom. The topological polar surface area (TPSA) is 43.8 Å². The second-order valence-corrected chi connectivity index (χ2v) is 4.66. The SMILES string of the molecule is Cc1ccc(F)cc1-n1nc(-c2ccccc2)cc1N. The predicted molar refractivity (Wildman–Crippen MR) is 78.1 cm³/mol. The summed E-state index contributed by atoms with van der Waals surface area (Å²) in [5.41, 5.74) is 9.33. The molecular formula is C16H14FN3. The van der Waals surface area contributed by atoms with Crippen molar-refractivity contribution in [2.75, 3.05) is 5.73 Å². The first-order chi connectivity index (χ1) is 9.65. The van der Waals surface area contributed by atoms with Gasteiger partial charge in [0.15, 0.2) is 0 Å². The number of hydrogen-bond acceptors (Lipinski definition) is 2. The fourth-order valence-electron chi connectivity index (χ4n) is 2.15. The summed E-state index contributed by atoms with van der Waals surface area (Å²) in [6, 6.07) is 16.1. The van der Waals surface area contributed by atoms with Gasteiger partial charge in [0.2, 0.25) is 0 Å². The summed E-state index contributed by atoms with van der Waals surface area (Å²) in [6.45, 7) is 1.90. The van der Waals surface area contributed by atoms with Gasteiger partial charge >= 0.3 is 0 Å². The summed E-state index contributed by atoms with van der Waals surface area (Å²) in [6.07, 6.45) is 0. The Morgan fingerprint density at radius 2 is 1.80 bits per heavy atom. The molecule has 0 aliphatic rings. The second-order valence-electron chi connectivity index (χ2n) is 4.66. The zero-order valence-electron chi connectivity index (χ0n) is 11.0. The molecule has 0 aliphatic heterocycles. The van der Waals surface area contributed by atoms with Gasteiger partial charge in [-0.3, -0.25) is 0 Å². The Morgan fingerprint density at radius 3 is 2.55 bits per heavy atom. The fourth-order valence-corrected chi connectivity index (χ4v) is 2.15. The number of nitrogen functional groups attached to an aromatic ring is 1. The Hall–Kier alpha value is -2.62. The molecule has 0 saturated carbocycles. The summed E-state index contributed by atoms with van der Waals surface area (Å²) in [5.74, 6) is 0.180. The Balaban J connectivity index is 2.12. The van der Waals surface area contributed by atoms with Gasteiger partial charge in [-0.2, -0.15) is 5.10 Å². The summed E-state index contributed by atoms with van der Waals surface area (Å²) < 4.78 is 15.0. The van der Waals surface area contributed by atoms with Crippen molar-refractivity contribution in [1.29, 1.82) is 0 Å². The van der Waals surface area contributed by atoms with Crippen LogP contribution in [-0.4, -0.2) is 9.78 Å². The molecule has 0 fully saturated rings. The van der Waals surface area contributed by atoms with E-state index in [1.165, 1.54) is 12.1 Å². The van der Waals surface area contributed by atoms with E-state index in [1.807, 2.05) is 37.3 Å². The number of hydrogen-bond donors (Lipinski definition) is 1. The Bertz CT molecular complexity index is 748. The molecule has 3 rings (SSSR count). The highest BCUT2D eigenvalue weighted by molar-refractivity contribution is 5.63. The lowest BCUT2D eigenvalue weighted by atomic mass is 10.2. The molecule has 1 heterocycles. The summed E-state index contributed by atoms with van der Waals surface area (Å²) in [5, 5.41) is 4.48. The highest BCUT2D eigenvalue weighted by atomic mass is 19.1. The molecule has 0 aliphatic carbocycles. The van der Waals surface area contributed by atoms with Crippen molar-refractivity contribution in [3.8, 4) is 16.9 Å². The highest BCUT2D eigenvalue weighted by Crippen LogP contribution is 2.24. The van der Waals surface area contributed by atoms with Crippen LogP contribution in [0.5, 0.6) is 0 Å². The van der Waals surface area contributed by atoms with E-state index in [2.05, 4.69) is 5.10 Å². The van der Waals surface area contributed by atoms with Crippen LogP contribution < -0.4 is 5.73 Å². The third kappa shape index (κ3) is 2.16. The van der Waals surface area contributed by atoms with E-state index in [4.69, 9.17) is 5.73 Å². The zero-order valence-corrected chi connectivity index (χ0v) is 11.0. The van der Waals surface area contributed by atoms with Crippen LogP contribution in [0.25, 0.3) is 16.9 Å². The number of nitrogens with zero attached hydrogens (tertiary/aromatic N) is 2. The van der Waals surface area contributed by atoms with Gasteiger partial charge < -0.3 is 5.73 Å².